The molecule has 20 heavy (non-hydrogen) atoms. The smallest absolute Gasteiger partial charge is 0.320 e. The van der Waals surface area contributed by atoms with Crippen LogP contribution in [0.2, 0.25) is 0 Å². The fraction of sp³-hybridized carbons (Fsp3) is 0.857. The summed E-state index contributed by atoms with van der Waals surface area (Å²) in [6, 6.07) is 0.191. The van der Waals surface area contributed by atoms with E-state index in [0.717, 1.165) is 32.2 Å². The second kappa shape index (κ2) is 6.92. The summed E-state index contributed by atoms with van der Waals surface area (Å²) in [5.41, 5.74) is 0. The Morgan fingerprint density at radius 3 is 2.60 bits per heavy atom. The quantitative estimate of drug-likeness (QED) is 0.811. The highest BCUT2D eigenvalue weighted by molar-refractivity contribution is 5.77. The number of hydrogen-bond acceptors (Lipinski definition) is 3. The Morgan fingerprint density at radius 1 is 1.15 bits per heavy atom. The molecule has 2 heterocycles. The van der Waals surface area contributed by atoms with Gasteiger partial charge in [-0.05, 0) is 38.5 Å². The van der Waals surface area contributed by atoms with Crippen LogP contribution in [0.3, 0.4) is 0 Å². The fourth-order valence-corrected chi connectivity index (χ4v) is 3.25. The molecule has 2 fully saturated rings. The van der Waals surface area contributed by atoms with Gasteiger partial charge in [-0.2, -0.15) is 0 Å². The van der Waals surface area contributed by atoms with E-state index in [1.54, 1.807) is 4.90 Å². The molecule has 0 aromatic carbocycles. The molecule has 1 unspecified atom stereocenters. The summed E-state index contributed by atoms with van der Waals surface area (Å²) >= 11 is 0. The third-order valence-electron chi connectivity index (χ3n) is 4.36. The van der Waals surface area contributed by atoms with Crippen LogP contribution in [0, 0.1) is 5.92 Å². The fourth-order valence-electron chi connectivity index (χ4n) is 3.25. The number of likely N-dealkylation sites (tertiary alicyclic amines) is 2. The number of aliphatic hydroxyl groups is 1. The lowest BCUT2D eigenvalue weighted by Gasteiger charge is -2.36. The third kappa shape index (κ3) is 3.42. The molecule has 2 N–H and O–H groups in total. The van der Waals surface area contributed by atoms with Crippen molar-refractivity contribution in [1.82, 2.24) is 9.80 Å². The molecule has 2 saturated heterocycles. The molecule has 0 bridgehead atoms. The molecule has 0 aromatic rings. The maximum absolute atomic E-state index is 12.5. The van der Waals surface area contributed by atoms with Gasteiger partial charge in [0.2, 0.25) is 0 Å². The topological polar surface area (TPSA) is 81.1 Å². The van der Waals surface area contributed by atoms with Crippen LogP contribution in [0.4, 0.5) is 4.79 Å². The molecule has 2 atom stereocenters. The lowest BCUT2D eigenvalue weighted by Crippen LogP contribution is -2.50. The van der Waals surface area contributed by atoms with Gasteiger partial charge in [-0.3, -0.25) is 4.79 Å². The second-order valence-electron chi connectivity index (χ2n) is 5.76. The van der Waals surface area contributed by atoms with Crippen molar-refractivity contribution >= 4 is 12.0 Å². The van der Waals surface area contributed by atoms with Crippen LogP contribution < -0.4 is 0 Å². The van der Waals surface area contributed by atoms with E-state index in [4.69, 9.17) is 10.2 Å². The summed E-state index contributed by atoms with van der Waals surface area (Å²) in [7, 11) is 0. The Kier molecular flexibility index (Phi) is 5.23. The molecule has 0 saturated carbocycles. The lowest BCUT2D eigenvalue weighted by molar-refractivity contribution is -0.143. The number of aliphatic carboxylic acids is 1. The number of urea groups is 1. The maximum atomic E-state index is 12.5. The van der Waals surface area contributed by atoms with E-state index >= 15 is 0 Å². The van der Waals surface area contributed by atoms with Crippen LogP contribution in [0.1, 0.15) is 38.5 Å². The van der Waals surface area contributed by atoms with E-state index in [9.17, 15) is 9.59 Å². The Morgan fingerprint density at radius 2 is 1.90 bits per heavy atom. The predicted octanol–water partition coefficient (Wildman–Crippen LogP) is 1.14. The van der Waals surface area contributed by atoms with Gasteiger partial charge in [0.1, 0.15) is 0 Å². The summed E-state index contributed by atoms with van der Waals surface area (Å²) in [4.78, 5) is 27.2. The van der Waals surface area contributed by atoms with Gasteiger partial charge in [0.05, 0.1) is 5.92 Å². The third-order valence-corrected chi connectivity index (χ3v) is 4.36. The van der Waals surface area contributed by atoms with Crippen LogP contribution in [0.5, 0.6) is 0 Å². The minimum absolute atomic E-state index is 0.0172. The summed E-state index contributed by atoms with van der Waals surface area (Å²) in [6.07, 6.45) is 4.95. The van der Waals surface area contributed by atoms with Crippen LogP contribution >= 0.6 is 0 Å². The maximum Gasteiger partial charge on any atom is 0.320 e. The standard InChI is InChI=1S/C14H24N2O4/c17-9-3-6-12-5-2-8-16(12)14(20)15-7-1-4-11(10-15)13(18)19/h11-12,17H,1-10H2,(H,18,19)/t11-,12?/m1/s1. The van der Waals surface area contributed by atoms with Crippen LogP contribution in [0.25, 0.3) is 0 Å². The van der Waals surface area contributed by atoms with E-state index < -0.39 is 11.9 Å². The number of piperidine rings is 1. The molecule has 0 radical (unpaired) electrons. The molecule has 0 aromatic heterocycles. The molecule has 2 aliphatic heterocycles. The molecule has 2 rings (SSSR count). The number of rotatable bonds is 4. The van der Waals surface area contributed by atoms with E-state index in [1.165, 1.54) is 0 Å². The number of carboxylic acid groups (broad SMARTS) is 1. The number of carbonyl (C=O) groups excluding carboxylic acids is 1. The summed E-state index contributed by atoms with van der Waals surface area (Å²) in [5, 5.41) is 18.0. The monoisotopic (exact) mass is 284 g/mol. The van der Waals surface area contributed by atoms with Gasteiger partial charge in [-0.15, -0.1) is 0 Å². The number of carboxylic acids is 1. The van der Waals surface area contributed by atoms with Crippen molar-refractivity contribution in [1.29, 1.82) is 0 Å². The first-order chi connectivity index (χ1) is 9.63. The molecule has 0 aliphatic carbocycles. The molecule has 114 valence electrons. The average molecular weight is 284 g/mol. The minimum atomic E-state index is -0.805. The van der Waals surface area contributed by atoms with Gasteiger partial charge in [-0.25, -0.2) is 4.79 Å². The van der Waals surface area contributed by atoms with Crippen molar-refractivity contribution in [3.8, 4) is 0 Å². The summed E-state index contributed by atoms with van der Waals surface area (Å²) in [6.45, 7) is 1.90. The SMILES string of the molecule is O=C(O)[C@@H]1CCCN(C(=O)N2CCCC2CCCO)C1. The molecule has 6 nitrogen and oxygen atoms in total. The Hall–Kier alpha value is -1.30. The lowest BCUT2D eigenvalue weighted by atomic mass is 9.98. The minimum Gasteiger partial charge on any atom is -0.481 e. The van der Waals surface area contributed by atoms with Gasteiger partial charge in [0.15, 0.2) is 0 Å². The van der Waals surface area contributed by atoms with E-state index in [1.807, 2.05) is 4.90 Å². The van der Waals surface area contributed by atoms with Crippen LogP contribution in [-0.2, 0) is 4.79 Å². The zero-order valence-corrected chi connectivity index (χ0v) is 11.8. The Bertz CT molecular complexity index is 361. The highest BCUT2D eigenvalue weighted by Gasteiger charge is 2.34. The van der Waals surface area contributed by atoms with Crippen LogP contribution in [-0.4, -0.2) is 64.3 Å². The first kappa shape index (κ1) is 15.1. The van der Waals surface area contributed by atoms with Crippen molar-refractivity contribution in [3.63, 3.8) is 0 Å². The number of amides is 2. The molecular formula is C14H24N2O4. The van der Waals surface area contributed by atoms with Gasteiger partial charge in [0.25, 0.3) is 0 Å². The van der Waals surface area contributed by atoms with Gasteiger partial charge in [-0.1, -0.05) is 0 Å². The van der Waals surface area contributed by atoms with Crippen LogP contribution in [0.15, 0.2) is 0 Å². The van der Waals surface area contributed by atoms with Crippen molar-refractivity contribution < 1.29 is 19.8 Å². The normalized spacial score (nSPS) is 26.9. The van der Waals surface area contributed by atoms with Crippen molar-refractivity contribution in [3.05, 3.63) is 0 Å². The van der Waals surface area contributed by atoms with Gasteiger partial charge < -0.3 is 20.0 Å². The second-order valence-corrected chi connectivity index (χ2v) is 5.76. The van der Waals surface area contributed by atoms with Crippen molar-refractivity contribution in [2.75, 3.05) is 26.2 Å². The summed E-state index contributed by atoms with van der Waals surface area (Å²) in [5.74, 6) is -1.23. The first-order valence-electron chi connectivity index (χ1n) is 7.52. The number of aliphatic hydroxyl groups excluding tert-OH is 1. The van der Waals surface area contributed by atoms with E-state index in [-0.39, 0.29) is 18.7 Å². The highest BCUT2D eigenvalue weighted by Crippen LogP contribution is 2.25. The van der Waals surface area contributed by atoms with E-state index in [0.29, 0.717) is 25.9 Å². The Labute approximate surface area is 119 Å². The van der Waals surface area contributed by atoms with Gasteiger partial charge in [0, 0.05) is 32.3 Å². The Balaban J connectivity index is 1.93. The zero-order valence-electron chi connectivity index (χ0n) is 11.8. The molecule has 6 heteroatoms. The molecule has 2 aliphatic rings. The summed E-state index contributed by atoms with van der Waals surface area (Å²) < 4.78 is 0. The molecule has 0 spiro atoms. The number of carbonyl (C=O) groups is 2. The average Bonchev–Trinajstić information content (AvgIpc) is 2.92. The van der Waals surface area contributed by atoms with Crippen molar-refractivity contribution in [2.24, 2.45) is 5.92 Å². The molecule has 2 amide bonds. The van der Waals surface area contributed by atoms with Crippen molar-refractivity contribution in [2.45, 2.75) is 44.6 Å². The number of hydrogen-bond donors (Lipinski definition) is 2. The predicted molar refractivity (Wildman–Crippen MR) is 73.4 cm³/mol. The number of nitrogens with zero attached hydrogens (tertiary/aromatic N) is 2. The molecular weight excluding hydrogens is 260 g/mol. The largest absolute Gasteiger partial charge is 0.481 e. The zero-order chi connectivity index (χ0) is 14.5. The first-order valence-corrected chi connectivity index (χ1v) is 7.52. The van der Waals surface area contributed by atoms with Gasteiger partial charge >= 0.3 is 12.0 Å². The van der Waals surface area contributed by atoms with E-state index in [2.05, 4.69) is 0 Å². The highest BCUT2D eigenvalue weighted by atomic mass is 16.4.